The molecule has 1 aliphatic carbocycles. The summed E-state index contributed by atoms with van der Waals surface area (Å²) in [7, 11) is 0. The van der Waals surface area contributed by atoms with Crippen LogP contribution in [0.3, 0.4) is 0 Å². The molecule has 21 heavy (non-hydrogen) atoms. The predicted molar refractivity (Wildman–Crippen MR) is 85.0 cm³/mol. The lowest BCUT2D eigenvalue weighted by atomic mass is 10.1. The average molecular weight is 286 g/mol. The van der Waals surface area contributed by atoms with Crippen LogP contribution in [0.15, 0.2) is 24.3 Å². The molecular weight excluding hydrogens is 260 g/mol. The quantitative estimate of drug-likeness (QED) is 0.872. The van der Waals surface area contributed by atoms with E-state index in [1.165, 1.54) is 30.4 Å². The zero-order valence-electron chi connectivity index (χ0n) is 13.0. The summed E-state index contributed by atoms with van der Waals surface area (Å²) in [5, 5.41) is 3.43. The molecule has 3 rings (SSSR count). The number of benzene rings is 1. The van der Waals surface area contributed by atoms with E-state index in [2.05, 4.69) is 41.4 Å². The Morgan fingerprint density at radius 1 is 1.19 bits per heavy atom. The number of nitrogens with zero attached hydrogens (tertiary/aromatic N) is 1. The summed E-state index contributed by atoms with van der Waals surface area (Å²) in [5.74, 6) is 0.330. The van der Waals surface area contributed by atoms with Crippen LogP contribution in [0.1, 0.15) is 50.2 Å². The van der Waals surface area contributed by atoms with Crippen molar-refractivity contribution in [2.75, 3.05) is 6.54 Å². The zero-order chi connectivity index (χ0) is 14.7. The summed E-state index contributed by atoms with van der Waals surface area (Å²) in [6.07, 6.45) is 6.45. The lowest BCUT2D eigenvalue weighted by Crippen LogP contribution is -2.37. The van der Waals surface area contributed by atoms with Crippen molar-refractivity contribution in [3.05, 3.63) is 35.4 Å². The molecule has 1 saturated carbocycles. The number of nitrogens with one attached hydrogen (secondary N) is 1. The number of hydrogen-bond acceptors (Lipinski definition) is 2. The first-order valence-corrected chi connectivity index (χ1v) is 8.37. The number of carbonyl (C=O) groups excluding carboxylic acids is 1. The van der Waals surface area contributed by atoms with E-state index >= 15 is 0 Å². The summed E-state index contributed by atoms with van der Waals surface area (Å²) < 4.78 is 0. The van der Waals surface area contributed by atoms with Gasteiger partial charge in [-0.1, -0.05) is 31.2 Å². The molecule has 3 heteroatoms. The summed E-state index contributed by atoms with van der Waals surface area (Å²) >= 11 is 0. The Bertz CT molecular complexity index is 472. The highest BCUT2D eigenvalue weighted by atomic mass is 16.2. The van der Waals surface area contributed by atoms with Gasteiger partial charge in [0.1, 0.15) is 0 Å². The van der Waals surface area contributed by atoms with Gasteiger partial charge in [0.25, 0.3) is 0 Å². The van der Waals surface area contributed by atoms with E-state index < -0.39 is 0 Å². The lowest BCUT2D eigenvalue weighted by Gasteiger charge is -2.24. The van der Waals surface area contributed by atoms with Crippen LogP contribution in [0, 0.1) is 0 Å². The van der Waals surface area contributed by atoms with Crippen LogP contribution < -0.4 is 5.32 Å². The summed E-state index contributed by atoms with van der Waals surface area (Å²) in [6, 6.07) is 9.61. The third-order valence-electron chi connectivity index (χ3n) is 4.68. The van der Waals surface area contributed by atoms with Gasteiger partial charge in [-0.3, -0.25) is 4.79 Å². The van der Waals surface area contributed by atoms with E-state index in [0.717, 1.165) is 25.9 Å². The van der Waals surface area contributed by atoms with Gasteiger partial charge in [0, 0.05) is 25.0 Å². The Morgan fingerprint density at radius 3 is 2.48 bits per heavy atom. The maximum absolute atomic E-state index is 12.6. The van der Waals surface area contributed by atoms with Crippen molar-refractivity contribution < 1.29 is 4.79 Å². The van der Waals surface area contributed by atoms with Gasteiger partial charge in [-0.15, -0.1) is 0 Å². The van der Waals surface area contributed by atoms with Gasteiger partial charge >= 0.3 is 0 Å². The van der Waals surface area contributed by atoms with Crippen LogP contribution in [0.4, 0.5) is 0 Å². The first kappa shape index (κ1) is 14.6. The van der Waals surface area contributed by atoms with Gasteiger partial charge < -0.3 is 10.2 Å². The minimum atomic E-state index is 0.330. The molecule has 3 nitrogen and oxygen atoms in total. The molecule has 0 spiro atoms. The Hall–Kier alpha value is -1.35. The normalized spacial score (nSPS) is 21.5. The summed E-state index contributed by atoms with van der Waals surface area (Å²) in [4.78, 5) is 14.7. The molecule has 1 N–H and O–H groups in total. The Morgan fingerprint density at radius 2 is 1.90 bits per heavy atom. The SMILES string of the molecule is CCc1ccc(CN(C(=O)CC2CCCN2)C2CC2)cc1. The molecule has 0 radical (unpaired) electrons. The standard InChI is InChI=1S/C18H26N2O/c1-2-14-5-7-15(8-6-14)13-20(17-9-10-17)18(21)12-16-4-3-11-19-16/h5-8,16-17,19H,2-4,9-13H2,1H3. The second-order valence-electron chi connectivity index (χ2n) is 6.42. The third kappa shape index (κ3) is 3.85. The summed E-state index contributed by atoms with van der Waals surface area (Å²) in [6.45, 7) is 4.02. The Kier molecular flexibility index (Phi) is 4.59. The molecule has 114 valence electrons. The van der Waals surface area contributed by atoms with Gasteiger partial charge in [-0.25, -0.2) is 0 Å². The highest BCUT2D eigenvalue weighted by Crippen LogP contribution is 2.29. The molecule has 1 heterocycles. The minimum Gasteiger partial charge on any atom is -0.335 e. The van der Waals surface area contributed by atoms with Gasteiger partial charge in [0.2, 0.25) is 5.91 Å². The summed E-state index contributed by atoms with van der Waals surface area (Å²) in [5.41, 5.74) is 2.62. The van der Waals surface area contributed by atoms with E-state index in [4.69, 9.17) is 0 Å². The third-order valence-corrected chi connectivity index (χ3v) is 4.68. The van der Waals surface area contributed by atoms with Crippen molar-refractivity contribution in [1.82, 2.24) is 10.2 Å². The van der Waals surface area contributed by atoms with E-state index in [9.17, 15) is 4.79 Å². The molecule has 0 aromatic heterocycles. The minimum absolute atomic E-state index is 0.330. The Balaban J connectivity index is 1.61. The first-order valence-electron chi connectivity index (χ1n) is 8.37. The van der Waals surface area contributed by atoms with Crippen LogP contribution in [-0.2, 0) is 17.8 Å². The predicted octanol–water partition coefficient (Wildman–Crippen LogP) is 2.88. The molecule has 1 aromatic carbocycles. The second-order valence-corrected chi connectivity index (χ2v) is 6.42. The maximum atomic E-state index is 12.6. The Labute approximate surface area is 127 Å². The molecule has 0 bridgehead atoms. The fraction of sp³-hybridized carbons (Fsp3) is 0.611. The highest BCUT2D eigenvalue weighted by molar-refractivity contribution is 5.77. The molecule has 1 aromatic rings. The van der Waals surface area contributed by atoms with Crippen molar-refractivity contribution in [3.8, 4) is 0 Å². The van der Waals surface area contributed by atoms with Crippen LogP contribution >= 0.6 is 0 Å². The van der Waals surface area contributed by atoms with E-state index in [0.29, 0.717) is 24.4 Å². The van der Waals surface area contributed by atoms with Gasteiger partial charge in [-0.05, 0) is 49.8 Å². The molecular formula is C18H26N2O. The van der Waals surface area contributed by atoms with E-state index in [1.807, 2.05) is 0 Å². The van der Waals surface area contributed by atoms with Gasteiger partial charge in [-0.2, -0.15) is 0 Å². The number of rotatable bonds is 6. The molecule has 1 atom stereocenters. The fourth-order valence-corrected chi connectivity index (χ4v) is 3.14. The molecule has 1 amide bonds. The monoisotopic (exact) mass is 286 g/mol. The molecule has 1 aliphatic heterocycles. The highest BCUT2D eigenvalue weighted by Gasteiger charge is 2.33. The number of carbonyl (C=O) groups is 1. The van der Waals surface area contributed by atoms with Gasteiger partial charge in [0.15, 0.2) is 0 Å². The maximum Gasteiger partial charge on any atom is 0.224 e. The van der Waals surface area contributed by atoms with Crippen molar-refractivity contribution in [2.24, 2.45) is 0 Å². The zero-order valence-corrected chi connectivity index (χ0v) is 13.0. The second kappa shape index (κ2) is 6.61. The molecule has 1 unspecified atom stereocenters. The largest absolute Gasteiger partial charge is 0.335 e. The lowest BCUT2D eigenvalue weighted by molar-refractivity contribution is -0.132. The van der Waals surface area contributed by atoms with Crippen LogP contribution in [-0.4, -0.2) is 29.4 Å². The average Bonchev–Trinajstić information content (AvgIpc) is 3.22. The van der Waals surface area contributed by atoms with E-state index in [-0.39, 0.29) is 0 Å². The van der Waals surface area contributed by atoms with Crippen molar-refractivity contribution in [3.63, 3.8) is 0 Å². The van der Waals surface area contributed by atoms with Crippen LogP contribution in [0.5, 0.6) is 0 Å². The van der Waals surface area contributed by atoms with Crippen LogP contribution in [0.25, 0.3) is 0 Å². The number of hydrogen-bond donors (Lipinski definition) is 1. The van der Waals surface area contributed by atoms with Gasteiger partial charge in [0.05, 0.1) is 0 Å². The molecule has 1 saturated heterocycles. The topological polar surface area (TPSA) is 32.3 Å². The number of amides is 1. The van der Waals surface area contributed by atoms with Crippen molar-refractivity contribution in [1.29, 1.82) is 0 Å². The molecule has 2 fully saturated rings. The molecule has 2 aliphatic rings. The van der Waals surface area contributed by atoms with Crippen molar-refractivity contribution >= 4 is 5.91 Å². The smallest absolute Gasteiger partial charge is 0.224 e. The first-order chi connectivity index (χ1) is 10.3. The van der Waals surface area contributed by atoms with Crippen LogP contribution in [0.2, 0.25) is 0 Å². The fourth-order valence-electron chi connectivity index (χ4n) is 3.14. The van der Waals surface area contributed by atoms with Crippen molar-refractivity contribution in [2.45, 2.75) is 64.1 Å². The van der Waals surface area contributed by atoms with E-state index in [1.54, 1.807) is 0 Å². The number of aryl methyl sites for hydroxylation is 1.